The molecular formula is C13H15NO2S. The second-order valence-corrected chi connectivity index (χ2v) is 5.27. The minimum atomic E-state index is -0.502. The number of rotatable bonds is 3. The number of amides is 1. The van der Waals surface area contributed by atoms with Crippen molar-refractivity contribution < 1.29 is 9.90 Å². The van der Waals surface area contributed by atoms with Crippen LogP contribution in [0.1, 0.15) is 16.6 Å². The third-order valence-electron chi connectivity index (χ3n) is 2.52. The number of carbonyl (C=O) groups is 1. The molecule has 0 aliphatic carbocycles. The van der Waals surface area contributed by atoms with Gasteiger partial charge in [-0.05, 0) is 24.4 Å². The molecule has 0 aliphatic rings. The summed E-state index contributed by atoms with van der Waals surface area (Å²) in [6.45, 7) is 2.03. The first kappa shape index (κ1) is 12.1. The molecule has 4 heteroatoms. The van der Waals surface area contributed by atoms with E-state index in [-0.39, 0.29) is 5.91 Å². The van der Waals surface area contributed by atoms with Crippen molar-refractivity contribution in [2.24, 2.45) is 0 Å². The minimum absolute atomic E-state index is 0.0351. The molecule has 0 aliphatic heterocycles. The van der Waals surface area contributed by atoms with E-state index in [0.29, 0.717) is 11.4 Å². The topological polar surface area (TPSA) is 40.5 Å². The zero-order valence-electron chi connectivity index (χ0n) is 9.88. The van der Waals surface area contributed by atoms with Gasteiger partial charge in [-0.1, -0.05) is 18.2 Å². The fraction of sp³-hybridized carbons (Fsp3) is 0.308. The third-order valence-corrected chi connectivity index (χ3v) is 3.63. The Morgan fingerprint density at radius 3 is 2.82 bits per heavy atom. The Morgan fingerprint density at radius 1 is 1.47 bits per heavy atom. The SMILES string of the molecule is CC(O)CN(C)C(=O)c1cc2ccccc2s1. The van der Waals surface area contributed by atoms with Crippen LogP contribution in [-0.4, -0.2) is 35.6 Å². The van der Waals surface area contributed by atoms with Crippen LogP contribution in [0.4, 0.5) is 0 Å². The molecule has 1 amide bonds. The van der Waals surface area contributed by atoms with Gasteiger partial charge in [0, 0.05) is 18.3 Å². The van der Waals surface area contributed by atoms with E-state index in [1.807, 2.05) is 30.3 Å². The van der Waals surface area contributed by atoms with E-state index in [0.717, 1.165) is 10.1 Å². The molecule has 0 bridgehead atoms. The summed E-state index contributed by atoms with van der Waals surface area (Å²) in [7, 11) is 1.71. The molecule has 1 aromatic heterocycles. The number of nitrogens with zero attached hydrogens (tertiary/aromatic N) is 1. The van der Waals surface area contributed by atoms with Gasteiger partial charge in [0.15, 0.2) is 0 Å². The van der Waals surface area contributed by atoms with Gasteiger partial charge in [-0.3, -0.25) is 4.79 Å². The molecule has 17 heavy (non-hydrogen) atoms. The Labute approximate surface area is 104 Å². The predicted octanol–water partition coefficient (Wildman–Crippen LogP) is 2.35. The van der Waals surface area contributed by atoms with E-state index in [9.17, 15) is 9.90 Å². The second-order valence-electron chi connectivity index (χ2n) is 4.18. The van der Waals surface area contributed by atoms with E-state index < -0.39 is 6.10 Å². The first-order valence-electron chi connectivity index (χ1n) is 5.50. The number of thiophene rings is 1. The van der Waals surface area contributed by atoms with Gasteiger partial charge in [-0.15, -0.1) is 11.3 Å². The van der Waals surface area contributed by atoms with E-state index in [1.165, 1.54) is 11.3 Å². The maximum atomic E-state index is 12.1. The maximum absolute atomic E-state index is 12.1. The molecule has 1 aromatic carbocycles. The van der Waals surface area contributed by atoms with Gasteiger partial charge in [-0.2, -0.15) is 0 Å². The minimum Gasteiger partial charge on any atom is -0.392 e. The smallest absolute Gasteiger partial charge is 0.263 e. The van der Waals surface area contributed by atoms with Gasteiger partial charge in [0.05, 0.1) is 11.0 Å². The van der Waals surface area contributed by atoms with Crippen molar-refractivity contribution in [3.8, 4) is 0 Å². The molecular weight excluding hydrogens is 234 g/mol. The third kappa shape index (κ3) is 2.65. The molecule has 0 radical (unpaired) electrons. The Balaban J connectivity index is 2.24. The van der Waals surface area contributed by atoms with Crippen molar-refractivity contribution in [3.05, 3.63) is 35.2 Å². The molecule has 0 saturated heterocycles. The Hall–Kier alpha value is -1.39. The van der Waals surface area contributed by atoms with Crippen LogP contribution < -0.4 is 0 Å². The molecule has 0 saturated carbocycles. The number of hydrogen-bond acceptors (Lipinski definition) is 3. The van der Waals surface area contributed by atoms with Crippen LogP contribution >= 0.6 is 11.3 Å². The number of benzene rings is 1. The molecule has 2 aromatic rings. The van der Waals surface area contributed by atoms with Gasteiger partial charge >= 0.3 is 0 Å². The van der Waals surface area contributed by atoms with Crippen LogP contribution in [0.3, 0.4) is 0 Å². The van der Waals surface area contributed by atoms with Crippen LogP contribution in [0, 0.1) is 0 Å². The van der Waals surface area contributed by atoms with Crippen molar-refractivity contribution in [2.75, 3.05) is 13.6 Å². The van der Waals surface area contributed by atoms with E-state index in [1.54, 1.807) is 18.9 Å². The fourth-order valence-corrected chi connectivity index (χ4v) is 2.81. The van der Waals surface area contributed by atoms with Crippen LogP contribution in [-0.2, 0) is 0 Å². The number of hydrogen-bond donors (Lipinski definition) is 1. The molecule has 3 nitrogen and oxygen atoms in total. The highest BCUT2D eigenvalue weighted by Gasteiger charge is 2.15. The number of aliphatic hydroxyl groups is 1. The van der Waals surface area contributed by atoms with Crippen LogP contribution in [0.25, 0.3) is 10.1 Å². The summed E-state index contributed by atoms with van der Waals surface area (Å²) in [5.41, 5.74) is 0. The molecule has 0 spiro atoms. The molecule has 1 N–H and O–H groups in total. The lowest BCUT2D eigenvalue weighted by Crippen LogP contribution is -2.32. The fourth-order valence-electron chi connectivity index (χ4n) is 1.75. The molecule has 1 heterocycles. The monoisotopic (exact) mass is 249 g/mol. The summed E-state index contributed by atoms with van der Waals surface area (Å²) >= 11 is 1.49. The molecule has 2 rings (SSSR count). The lowest BCUT2D eigenvalue weighted by molar-refractivity contribution is 0.0708. The summed E-state index contributed by atoms with van der Waals surface area (Å²) in [6.07, 6.45) is -0.502. The molecule has 1 unspecified atom stereocenters. The lowest BCUT2D eigenvalue weighted by Gasteiger charge is -2.17. The summed E-state index contributed by atoms with van der Waals surface area (Å²) < 4.78 is 1.11. The normalized spacial score (nSPS) is 12.6. The van der Waals surface area contributed by atoms with Crippen molar-refractivity contribution >= 4 is 27.3 Å². The molecule has 0 fully saturated rings. The van der Waals surface area contributed by atoms with Crippen LogP contribution in [0.5, 0.6) is 0 Å². The van der Waals surface area contributed by atoms with E-state index >= 15 is 0 Å². The Kier molecular flexibility index (Phi) is 3.45. The largest absolute Gasteiger partial charge is 0.392 e. The highest BCUT2D eigenvalue weighted by molar-refractivity contribution is 7.20. The Bertz CT molecular complexity index is 500. The zero-order chi connectivity index (χ0) is 12.4. The van der Waals surface area contributed by atoms with Gasteiger partial charge in [0.2, 0.25) is 0 Å². The van der Waals surface area contributed by atoms with E-state index in [2.05, 4.69) is 0 Å². The summed E-state index contributed by atoms with van der Waals surface area (Å²) in [5.74, 6) is -0.0351. The van der Waals surface area contributed by atoms with Gasteiger partial charge in [0.1, 0.15) is 0 Å². The number of likely N-dealkylation sites (N-methyl/N-ethyl adjacent to an activating group) is 1. The first-order valence-corrected chi connectivity index (χ1v) is 6.31. The summed E-state index contributed by atoms with van der Waals surface area (Å²) in [4.78, 5) is 14.3. The van der Waals surface area contributed by atoms with Crippen molar-refractivity contribution in [3.63, 3.8) is 0 Å². The average Bonchev–Trinajstić information content (AvgIpc) is 2.70. The summed E-state index contributed by atoms with van der Waals surface area (Å²) in [5, 5.41) is 10.4. The Morgan fingerprint density at radius 2 is 2.18 bits per heavy atom. The van der Waals surface area contributed by atoms with Crippen molar-refractivity contribution in [1.29, 1.82) is 0 Å². The molecule has 1 atom stereocenters. The van der Waals surface area contributed by atoms with Gasteiger partial charge in [0.25, 0.3) is 5.91 Å². The van der Waals surface area contributed by atoms with E-state index in [4.69, 9.17) is 0 Å². The summed E-state index contributed by atoms with van der Waals surface area (Å²) in [6, 6.07) is 9.83. The zero-order valence-corrected chi connectivity index (χ0v) is 10.7. The van der Waals surface area contributed by atoms with Gasteiger partial charge < -0.3 is 10.0 Å². The standard InChI is InChI=1S/C13H15NO2S/c1-9(15)8-14(2)13(16)12-7-10-5-3-4-6-11(10)17-12/h3-7,9,15H,8H2,1-2H3. The lowest BCUT2D eigenvalue weighted by atomic mass is 10.2. The second kappa shape index (κ2) is 4.85. The van der Waals surface area contributed by atoms with Crippen LogP contribution in [0.2, 0.25) is 0 Å². The predicted molar refractivity (Wildman–Crippen MR) is 70.5 cm³/mol. The number of carbonyl (C=O) groups excluding carboxylic acids is 1. The highest BCUT2D eigenvalue weighted by atomic mass is 32.1. The van der Waals surface area contributed by atoms with Crippen molar-refractivity contribution in [1.82, 2.24) is 4.90 Å². The van der Waals surface area contributed by atoms with Crippen LogP contribution in [0.15, 0.2) is 30.3 Å². The van der Waals surface area contributed by atoms with Crippen molar-refractivity contribution in [2.45, 2.75) is 13.0 Å². The number of fused-ring (bicyclic) bond motifs is 1. The molecule has 90 valence electrons. The highest BCUT2D eigenvalue weighted by Crippen LogP contribution is 2.26. The quantitative estimate of drug-likeness (QED) is 0.907. The first-order chi connectivity index (χ1) is 8.08. The average molecular weight is 249 g/mol. The van der Waals surface area contributed by atoms with Gasteiger partial charge in [-0.25, -0.2) is 0 Å². The maximum Gasteiger partial charge on any atom is 0.263 e. The number of aliphatic hydroxyl groups excluding tert-OH is 1.